The highest BCUT2D eigenvalue weighted by atomic mass is 16.5. The molecule has 0 fully saturated rings. The number of rotatable bonds is 12. The molecule has 0 saturated heterocycles. The van der Waals surface area contributed by atoms with Gasteiger partial charge in [0.25, 0.3) is 0 Å². The van der Waals surface area contributed by atoms with Crippen LogP contribution in [0.5, 0.6) is 5.75 Å². The zero-order valence-corrected chi connectivity index (χ0v) is 20.3. The van der Waals surface area contributed by atoms with Crippen LogP contribution in [-0.4, -0.2) is 34.7 Å². The van der Waals surface area contributed by atoms with E-state index in [0.717, 1.165) is 22.6 Å². The summed E-state index contributed by atoms with van der Waals surface area (Å²) in [7, 11) is 0. The topological polar surface area (TPSA) is 125 Å². The number of aromatic nitrogens is 1. The second-order valence-electron chi connectivity index (χ2n) is 8.59. The summed E-state index contributed by atoms with van der Waals surface area (Å²) in [6.45, 7) is 5.78. The van der Waals surface area contributed by atoms with Crippen LogP contribution >= 0.6 is 0 Å². The molecule has 1 unspecified atom stereocenters. The number of ether oxygens (including phenoxy) is 2. The molecule has 1 atom stereocenters. The van der Waals surface area contributed by atoms with E-state index >= 15 is 0 Å². The van der Waals surface area contributed by atoms with E-state index in [0.29, 0.717) is 36.7 Å². The molecule has 0 amide bonds. The summed E-state index contributed by atoms with van der Waals surface area (Å²) < 4.78 is 17.0. The molecule has 8 nitrogen and oxygen atoms in total. The molecule has 0 bridgehead atoms. The van der Waals surface area contributed by atoms with Gasteiger partial charge in [0.2, 0.25) is 5.89 Å². The first-order chi connectivity index (χ1) is 16.7. The predicted octanol–water partition coefficient (Wildman–Crippen LogP) is 4.63. The lowest BCUT2D eigenvalue weighted by Gasteiger charge is -2.18. The van der Waals surface area contributed by atoms with Crippen molar-refractivity contribution >= 4 is 11.9 Å². The van der Waals surface area contributed by atoms with Gasteiger partial charge in [-0.05, 0) is 62.6 Å². The molecule has 0 aliphatic rings. The fraction of sp³-hybridized carbons (Fsp3) is 0.370. The van der Waals surface area contributed by atoms with Crippen molar-refractivity contribution in [3.8, 4) is 17.2 Å². The minimum atomic E-state index is -0.901. The van der Waals surface area contributed by atoms with Crippen molar-refractivity contribution in [1.82, 2.24) is 4.98 Å². The van der Waals surface area contributed by atoms with Gasteiger partial charge in [0.05, 0.1) is 24.8 Å². The number of carboxylic acid groups (broad SMARTS) is 1. The summed E-state index contributed by atoms with van der Waals surface area (Å²) in [5.74, 6) is 0.585. The molecule has 186 valence electrons. The maximum Gasteiger partial charge on any atom is 0.307 e. The standard InChI is InChI=1S/C27H32N2O6/c1-17(2)34-26(32)16-23(28)22-15-21(11-9-19(22)10-12-25(30)31)33-14-13-24-18(3)35-27(29-24)20-7-5-4-6-8-20/h4-9,11,15,17,23H,10,12-14,16,28H2,1-3H3,(H,30,31). The lowest BCUT2D eigenvalue weighted by molar-refractivity contribution is -0.147. The number of aliphatic carboxylic acids is 1. The Hall–Kier alpha value is -3.65. The van der Waals surface area contributed by atoms with E-state index in [4.69, 9.17) is 24.7 Å². The molecule has 3 N–H and O–H groups in total. The van der Waals surface area contributed by atoms with Crippen LogP contribution in [0.25, 0.3) is 11.5 Å². The Morgan fingerprint density at radius 3 is 2.54 bits per heavy atom. The van der Waals surface area contributed by atoms with Crippen molar-refractivity contribution in [1.29, 1.82) is 0 Å². The minimum Gasteiger partial charge on any atom is -0.493 e. The molecular weight excluding hydrogens is 448 g/mol. The number of carbonyl (C=O) groups is 2. The van der Waals surface area contributed by atoms with E-state index in [1.165, 1.54) is 0 Å². The number of aryl methyl sites for hydroxylation is 2. The van der Waals surface area contributed by atoms with E-state index in [2.05, 4.69) is 4.98 Å². The smallest absolute Gasteiger partial charge is 0.307 e. The van der Waals surface area contributed by atoms with Crippen LogP contribution in [0, 0.1) is 6.92 Å². The summed E-state index contributed by atoms with van der Waals surface area (Å²) >= 11 is 0. The third-order valence-corrected chi connectivity index (χ3v) is 5.40. The summed E-state index contributed by atoms with van der Waals surface area (Å²) in [6, 6.07) is 14.4. The van der Waals surface area contributed by atoms with Gasteiger partial charge >= 0.3 is 11.9 Å². The number of oxazole rings is 1. The largest absolute Gasteiger partial charge is 0.493 e. The molecule has 35 heavy (non-hydrogen) atoms. The molecule has 0 radical (unpaired) electrons. The number of nitrogens with zero attached hydrogens (tertiary/aromatic N) is 1. The number of hydrogen-bond donors (Lipinski definition) is 2. The van der Waals surface area contributed by atoms with Crippen molar-refractivity contribution in [2.45, 2.75) is 58.6 Å². The quantitative estimate of drug-likeness (QED) is 0.360. The molecule has 1 aromatic heterocycles. The highest BCUT2D eigenvalue weighted by Gasteiger charge is 2.19. The van der Waals surface area contributed by atoms with E-state index in [1.54, 1.807) is 32.0 Å². The fourth-order valence-electron chi connectivity index (χ4n) is 3.71. The fourth-order valence-corrected chi connectivity index (χ4v) is 3.71. The van der Waals surface area contributed by atoms with E-state index < -0.39 is 18.0 Å². The number of esters is 1. The molecule has 3 rings (SSSR count). The third-order valence-electron chi connectivity index (χ3n) is 5.40. The summed E-state index contributed by atoms with van der Waals surface area (Å²) in [5.41, 5.74) is 9.49. The Kier molecular flexibility index (Phi) is 9.03. The molecule has 2 aromatic carbocycles. The van der Waals surface area contributed by atoms with Crippen LogP contribution in [0.4, 0.5) is 0 Å². The predicted molar refractivity (Wildman–Crippen MR) is 131 cm³/mol. The van der Waals surface area contributed by atoms with Crippen molar-refractivity contribution in [2.24, 2.45) is 5.73 Å². The van der Waals surface area contributed by atoms with Crippen molar-refractivity contribution in [3.63, 3.8) is 0 Å². The maximum absolute atomic E-state index is 12.1. The van der Waals surface area contributed by atoms with Crippen molar-refractivity contribution in [2.75, 3.05) is 6.61 Å². The van der Waals surface area contributed by atoms with Gasteiger partial charge in [-0.1, -0.05) is 24.3 Å². The molecule has 0 saturated carbocycles. The van der Waals surface area contributed by atoms with Crippen molar-refractivity contribution < 1.29 is 28.6 Å². The molecular formula is C27H32N2O6. The molecule has 1 heterocycles. The zero-order chi connectivity index (χ0) is 25.4. The average Bonchev–Trinajstić information content (AvgIpc) is 3.18. The molecule has 0 aliphatic carbocycles. The SMILES string of the molecule is Cc1oc(-c2ccccc2)nc1CCOc1ccc(CCC(=O)O)c(C(N)CC(=O)OC(C)C)c1. The number of carbonyl (C=O) groups excluding carboxylic acids is 1. The van der Waals surface area contributed by atoms with Gasteiger partial charge in [0, 0.05) is 24.4 Å². The first-order valence-electron chi connectivity index (χ1n) is 11.7. The van der Waals surface area contributed by atoms with E-state index in [-0.39, 0.29) is 18.9 Å². The number of hydrogen-bond acceptors (Lipinski definition) is 7. The Bertz CT molecular complexity index is 1140. The molecule has 8 heteroatoms. The molecule has 3 aromatic rings. The van der Waals surface area contributed by atoms with E-state index in [1.807, 2.05) is 37.3 Å². The average molecular weight is 481 g/mol. The highest BCUT2D eigenvalue weighted by molar-refractivity contribution is 5.71. The van der Waals surface area contributed by atoms with E-state index in [9.17, 15) is 9.59 Å². The van der Waals surface area contributed by atoms with Crippen LogP contribution in [0.3, 0.4) is 0 Å². The monoisotopic (exact) mass is 480 g/mol. The van der Waals surface area contributed by atoms with Gasteiger partial charge in [0.1, 0.15) is 11.5 Å². The van der Waals surface area contributed by atoms with Gasteiger partial charge < -0.3 is 24.7 Å². The van der Waals surface area contributed by atoms with Crippen molar-refractivity contribution in [3.05, 3.63) is 71.1 Å². The summed E-state index contributed by atoms with van der Waals surface area (Å²) in [5, 5.41) is 9.08. The Morgan fingerprint density at radius 2 is 1.86 bits per heavy atom. The maximum atomic E-state index is 12.1. The van der Waals surface area contributed by atoms with Gasteiger partial charge in [-0.15, -0.1) is 0 Å². The highest BCUT2D eigenvalue weighted by Crippen LogP contribution is 2.27. The van der Waals surface area contributed by atoms with Gasteiger partial charge in [-0.3, -0.25) is 9.59 Å². The van der Waals surface area contributed by atoms with Gasteiger partial charge in [-0.25, -0.2) is 4.98 Å². The Balaban J connectivity index is 1.69. The summed E-state index contributed by atoms with van der Waals surface area (Å²) in [4.78, 5) is 27.8. The Morgan fingerprint density at radius 1 is 1.11 bits per heavy atom. The second-order valence-corrected chi connectivity index (χ2v) is 8.59. The number of carboxylic acids is 1. The minimum absolute atomic E-state index is 0.0118. The van der Waals surface area contributed by atoms with Gasteiger partial charge in [-0.2, -0.15) is 0 Å². The van der Waals surface area contributed by atoms with Gasteiger partial charge in [0.15, 0.2) is 0 Å². The lowest BCUT2D eigenvalue weighted by atomic mass is 9.95. The zero-order valence-electron chi connectivity index (χ0n) is 20.3. The van der Waals surface area contributed by atoms with Crippen LogP contribution in [0.1, 0.15) is 55.3 Å². The van der Waals surface area contributed by atoms with Crippen LogP contribution in [0.15, 0.2) is 52.9 Å². The second kappa shape index (κ2) is 12.2. The number of benzene rings is 2. The Labute approximate surface area is 205 Å². The van der Waals surface area contributed by atoms with Crippen LogP contribution in [-0.2, 0) is 27.2 Å². The molecule has 0 spiro atoms. The normalized spacial score (nSPS) is 11.9. The third kappa shape index (κ3) is 7.68. The van der Waals surface area contributed by atoms with Crippen LogP contribution < -0.4 is 10.5 Å². The lowest BCUT2D eigenvalue weighted by Crippen LogP contribution is -2.21. The van der Waals surface area contributed by atoms with Crippen LogP contribution in [0.2, 0.25) is 0 Å². The first kappa shape index (κ1) is 26.0. The summed E-state index contributed by atoms with van der Waals surface area (Å²) in [6.07, 6.45) is 0.565. The number of nitrogens with two attached hydrogens (primary N) is 1. The first-order valence-corrected chi connectivity index (χ1v) is 11.7. The molecule has 0 aliphatic heterocycles.